The van der Waals surface area contributed by atoms with Crippen LogP contribution in [0.25, 0.3) is 0 Å². The largest absolute Gasteiger partial charge is 0.399 e. The lowest BCUT2D eigenvalue weighted by atomic mass is 10.3. The molecule has 1 aliphatic rings. The second-order valence-corrected chi connectivity index (χ2v) is 3.64. The molecule has 1 aliphatic heterocycles. The van der Waals surface area contributed by atoms with Crippen molar-refractivity contribution >= 4 is 17.2 Å². The highest BCUT2D eigenvalue weighted by Gasteiger charge is 2.13. The minimum absolute atomic E-state index is 0.786. The molecule has 1 aromatic rings. The second kappa shape index (κ2) is 3.70. The molecule has 2 N–H and O–H groups in total. The molecule has 2 rings (SSSR count). The zero-order chi connectivity index (χ0) is 9.97. The topological polar surface area (TPSA) is 41.6 Å². The van der Waals surface area contributed by atoms with Gasteiger partial charge in [-0.05, 0) is 30.7 Å². The Hall–Kier alpha value is -1.51. The van der Waals surface area contributed by atoms with Crippen LogP contribution in [0, 0.1) is 0 Å². The lowest BCUT2D eigenvalue weighted by Crippen LogP contribution is -2.18. The van der Waals surface area contributed by atoms with Gasteiger partial charge in [-0.2, -0.15) is 0 Å². The zero-order valence-corrected chi connectivity index (χ0v) is 8.40. The summed E-state index contributed by atoms with van der Waals surface area (Å²) >= 11 is 0. The Labute approximate surface area is 84.2 Å². The summed E-state index contributed by atoms with van der Waals surface area (Å²) in [5, 5.41) is 0. The summed E-state index contributed by atoms with van der Waals surface area (Å²) in [5.41, 5.74) is 7.38. The average Bonchev–Trinajstić information content (AvgIpc) is 2.56. The molecule has 0 bridgehead atoms. The first-order valence-electron chi connectivity index (χ1n) is 4.90. The van der Waals surface area contributed by atoms with Gasteiger partial charge >= 0.3 is 0 Å². The van der Waals surface area contributed by atoms with Gasteiger partial charge in [-0.1, -0.05) is 0 Å². The summed E-state index contributed by atoms with van der Waals surface area (Å²) in [4.78, 5) is 6.77. The number of rotatable bonds is 1. The highest BCUT2D eigenvalue weighted by atomic mass is 15.2. The minimum Gasteiger partial charge on any atom is -0.399 e. The van der Waals surface area contributed by atoms with Crippen LogP contribution in [0.15, 0.2) is 29.3 Å². The third kappa shape index (κ3) is 1.87. The fourth-order valence-corrected chi connectivity index (χ4v) is 1.63. The van der Waals surface area contributed by atoms with E-state index in [2.05, 4.69) is 16.9 Å². The Bertz CT molecular complexity index is 340. The number of anilines is 1. The van der Waals surface area contributed by atoms with E-state index in [1.807, 2.05) is 24.3 Å². The summed E-state index contributed by atoms with van der Waals surface area (Å²) in [6, 6.07) is 7.67. The van der Waals surface area contributed by atoms with Crippen molar-refractivity contribution in [2.45, 2.75) is 12.8 Å². The van der Waals surface area contributed by atoms with Crippen LogP contribution in [0.2, 0.25) is 0 Å². The number of nitrogens with zero attached hydrogens (tertiary/aromatic N) is 2. The molecule has 0 aromatic heterocycles. The second-order valence-electron chi connectivity index (χ2n) is 3.64. The number of hydrogen-bond donors (Lipinski definition) is 1. The standard InChI is InChI=1S/C11H15N3/c1-14-8-2-3-11(14)13-10-6-4-9(12)5-7-10/h4-7H,2-3,8,12H2,1H3. The molecule has 0 saturated carbocycles. The van der Waals surface area contributed by atoms with E-state index in [1.54, 1.807) is 0 Å². The van der Waals surface area contributed by atoms with Crippen molar-refractivity contribution < 1.29 is 0 Å². The van der Waals surface area contributed by atoms with E-state index < -0.39 is 0 Å². The predicted molar refractivity (Wildman–Crippen MR) is 59.8 cm³/mol. The van der Waals surface area contributed by atoms with Gasteiger partial charge in [0.1, 0.15) is 5.84 Å². The van der Waals surface area contributed by atoms with Gasteiger partial charge in [-0.25, -0.2) is 4.99 Å². The SMILES string of the molecule is CN1CCCC1=Nc1ccc(N)cc1. The van der Waals surface area contributed by atoms with E-state index >= 15 is 0 Å². The summed E-state index contributed by atoms with van der Waals surface area (Å²) in [5.74, 6) is 1.18. The summed E-state index contributed by atoms with van der Waals surface area (Å²) in [6.45, 7) is 1.12. The van der Waals surface area contributed by atoms with Crippen LogP contribution < -0.4 is 5.73 Å². The lowest BCUT2D eigenvalue weighted by Gasteiger charge is -2.10. The third-order valence-corrected chi connectivity index (χ3v) is 2.49. The van der Waals surface area contributed by atoms with Crippen LogP contribution in [-0.4, -0.2) is 24.3 Å². The van der Waals surface area contributed by atoms with Crippen LogP contribution in [0.1, 0.15) is 12.8 Å². The molecule has 3 nitrogen and oxygen atoms in total. The van der Waals surface area contributed by atoms with E-state index in [-0.39, 0.29) is 0 Å². The molecule has 0 radical (unpaired) electrons. The smallest absolute Gasteiger partial charge is 0.105 e. The Morgan fingerprint density at radius 2 is 2.00 bits per heavy atom. The number of aliphatic imine (C=N–C) groups is 1. The number of nitrogens with two attached hydrogens (primary N) is 1. The first-order chi connectivity index (χ1) is 6.75. The van der Waals surface area contributed by atoms with Crippen LogP contribution in [0.3, 0.4) is 0 Å². The van der Waals surface area contributed by atoms with Crippen molar-refractivity contribution in [3.8, 4) is 0 Å². The summed E-state index contributed by atoms with van der Waals surface area (Å²) in [6.07, 6.45) is 2.30. The first-order valence-corrected chi connectivity index (χ1v) is 4.90. The number of hydrogen-bond acceptors (Lipinski definition) is 2. The molecule has 0 unspecified atom stereocenters. The van der Waals surface area contributed by atoms with Crippen LogP contribution in [0.5, 0.6) is 0 Å². The van der Waals surface area contributed by atoms with Crippen molar-refractivity contribution in [2.24, 2.45) is 4.99 Å². The Balaban J connectivity index is 2.20. The molecular weight excluding hydrogens is 174 g/mol. The Morgan fingerprint density at radius 3 is 2.57 bits per heavy atom. The van der Waals surface area contributed by atoms with Gasteiger partial charge in [0.05, 0.1) is 5.69 Å². The molecule has 3 heteroatoms. The quantitative estimate of drug-likeness (QED) is 0.687. The summed E-state index contributed by atoms with van der Waals surface area (Å²) in [7, 11) is 2.09. The Kier molecular flexibility index (Phi) is 2.39. The van der Waals surface area contributed by atoms with Crippen LogP contribution in [0.4, 0.5) is 11.4 Å². The van der Waals surface area contributed by atoms with Gasteiger partial charge in [-0.3, -0.25) is 0 Å². The molecule has 0 aliphatic carbocycles. The van der Waals surface area contributed by atoms with Crippen molar-refractivity contribution in [1.82, 2.24) is 4.90 Å². The molecule has 1 heterocycles. The number of benzene rings is 1. The number of nitrogen functional groups attached to an aromatic ring is 1. The van der Waals surface area contributed by atoms with E-state index in [4.69, 9.17) is 5.73 Å². The third-order valence-electron chi connectivity index (χ3n) is 2.49. The fraction of sp³-hybridized carbons (Fsp3) is 0.364. The number of likely N-dealkylation sites (tertiary alicyclic amines) is 1. The molecule has 14 heavy (non-hydrogen) atoms. The van der Waals surface area contributed by atoms with Gasteiger partial charge in [0.2, 0.25) is 0 Å². The van der Waals surface area contributed by atoms with Crippen molar-refractivity contribution in [1.29, 1.82) is 0 Å². The van der Waals surface area contributed by atoms with Crippen molar-refractivity contribution in [3.05, 3.63) is 24.3 Å². The predicted octanol–water partition coefficient (Wildman–Crippen LogP) is 2.02. The zero-order valence-electron chi connectivity index (χ0n) is 8.40. The van der Waals surface area contributed by atoms with Crippen LogP contribution in [-0.2, 0) is 0 Å². The minimum atomic E-state index is 0.786. The first kappa shape index (κ1) is 9.06. The molecule has 0 amide bonds. The molecule has 1 fully saturated rings. The normalized spacial score (nSPS) is 19.2. The maximum atomic E-state index is 5.60. The van der Waals surface area contributed by atoms with E-state index in [9.17, 15) is 0 Å². The maximum Gasteiger partial charge on any atom is 0.105 e. The van der Waals surface area contributed by atoms with Gasteiger partial charge in [0.15, 0.2) is 0 Å². The van der Waals surface area contributed by atoms with E-state index in [0.717, 1.165) is 24.3 Å². The molecule has 1 aromatic carbocycles. The average molecular weight is 189 g/mol. The van der Waals surface area contributed by atoms with E-state index in [1.165, 1.54) is 12.3 Å². The summed E-state index contributed by atoms with van der Waals surface area (Å²) < 4.78 is 0. The maximum absolute atomic E-state index is 5.60. The fourth-order valence-electron chi connectivity index (χ4n) is 1.63. The lowest BCUT2D eigenvalue weighted by molar-refractivity contribution is 0.550. The van der Waals surface area contributed by atoms with Crippen molar-refractivity contribution in [3.63, 3.8) is 0 Å². The van der Waals surface area contributed by atoms with Gasteiger partial charge in [-0.15, -0.1) is 0 Å². The monoisotopic (exact) mass is 189 g/mol. The van der Waals surface area contributed by atoms with E-state index in [0.29, 0.717) is 0 Å². The highest BCUT2D eigenvalue weighted by molar-refractivity contribution is 5.86. The van der Waals surface area contributed by atoms with Gasteiger partial charge in [0.25, 0.3) is 0 Å². The van der Waals surface area contributed by atoms with Gasteiger partial charge in [0, 0.05) is 25.7 Å². The van der Waals surface area contributed by atoms with Crippen molar-refractivity contribution in [2.75, 3.05) is 19.3 Å². The van der Waals surface area contributed by atoms with Crippen LogP contribution >= 0.6 is 0 Å². The molecule has 0 spiro atoms. The molecule has 0 atom stereocenters. The van der Waals surface area contributed by atoms with Gasteiger partial charge < -0.3 is 10.6 Å². The number of amidine groups is 1. The molecular formula is C11H15N3. The highest BCUT2D eigenvalue weighted by Crippen LogP contribution is 2.18. The molecule has 1 saturated heterocycles. The Morgan fingerprint density at radius 1 is 1.29 bits per heavy atom. The molecule has 74 valence electrons.